The van der Waals surface area contributed by atoms with Gasteiger partial charge < -0.3 is 9.64 Å². The number of Topliss-reactive ketones (excluding diaryl/α,β-unsaturated/α-hetero) is 1. The number of halogens is 3. The van der Waals surface area contributed by atoms with E-state index in [-0.39, 0.29) is 18.0 Å². The van der Waals surface area contributed by atoms with E-state index >= 15 is 0 Å². The van der Waals surface area contributed by atoms with Gasteiger partial charge in [0.2, 0.25) is 0 Å². The summed E-state index contributed by atoms with van der Waals surface area (Å²) in [7, 11) is 1.94. The zero-order chi connectivity index (χ0) is 17.8. The highest BCUT2D eigenvalue weighted by molar-refractivity contribution is 6.30. The van der Waals surface area contributed by atoms with Crippen molar-refractivity contribution in [2.45, 2.75) is 25.4 Å². The summed E-state index contributed by atoms with van der Waals surface area (Å²) < 4.78 is 35.3. The molecule has 25 heavy (non-hydrogen) atoms. The first-order valence-corrected chi connectivity index (χ1v) is 8.72. The van der Waals surface area contributed by atoms with E-state index in [1.165, 1.54) is 0 Å². The predicted octanol–water partition coefficient (Wildman–Crippen LogP) is 4.02. The van der Waals surface area contributed by atoms with Crippen LogP contribution in [-0.4, -0.2) is 37.0 Å². The molecule has 0 saturated carbocycles. The molecule has 1 unspecified atom stereocenters. The Labute approximate surface area is 149 Å². The topological polar surface area (TPSA) is 29.5 Å². The van der Waals surface area contributed by atoms with E-state index in [4.69, 9.17) is 16.3 Å². The Morgan fingerprint density at radius 2 is 2.04 bits per heavy atom. The standard InChI is InChI=1S/C19H18ClF2NO2/c1-23-6-4-19(5-7-23)17-14(24)9-11-8-12(20)2-3-15(11)25-16(17)10-13(21)18(19)22/h2-3,8,10,18H,4-7,9H2,1H3. The third-order valence-electron chi connectivity index (χ3n) is 5.49. The molecule has 3 aliphatic rings. The van der Waals surface area contributed by atoms with Crippen molar-refractivity contribution >= 4 is 17.4 Å². The van der Waals surface area contributed by atoms with Crippen molar-refractivity contribution < 1.29 is 18.3 Å². The number of ketones is 1. The van der Waals surface area contributed by atoms with Crippen LogP contribution in [0, 0.1) is 5.41 Å². The summed E-state index contributed by atoms with van der Waals surface area (Å²) in [5.74, 6) is -0.477. The number of hydrogen-bond acceptors (Lipinski definition) is 3. The number of fused-ring (bicyclic) bond motifs is 2. The van der Waals surface area contributed by atoms with E-state index in [0.29, 0.717) is 47.8 Å². The second-order valence-electron chi connectivity index (χ2n) is 7.04. The molecular formula is C19H18ClF2NO2. The van der Waals surface area contributed by atoms with Crippen LogP contribution < -0.4 is 4.74 Å². The van der Waals surface area contributed by atoms with Crippen molar-refractivity contribution in [1.29, 1.82) is 0 Å². The van der Waals surface area contributed by atoms with Crippen LogP contribution in [0.15, 0.2) is 41.4 Å². The molecule has 1 aromatic rings. The highest BCUT2D eigenvalue weighted by Crippen LogP contribution is 2.51. The van der Waals surface area contributed by atoms with Gasteiger partial charge in [0.1, 0.15) is 17.3 Å². The van der Waals surface area contributed by atoms with Crippen LogP contribution in [0.2, 0.25) is 5.02 Å². The Kier molecular flexibility index (Phi) is 3.96. The Hall–Kier alpha value is -1.72. The minimum Gasteiger partial charge on any atom is -0.457 e. The molecule has 1 atom stereocenters. The highest BCUT2D eigenvalue weighted by Gasteiger charge is 2.53. The first kappa shape index (κ1) is 16.7. The van der Waals surface area contributed by atoms with Crippen LogP contribution in [0.25, 0.3) is 0 Å². The molecule has 0 bridgehead atoms. The molecule has 0 aromatic heterocycles. The van der Waals surface area contributed by atoms with Crippen molar-refractivity contribution in [2.75, 3.05) is 20.1 Å². The zero-order valence-corrected chi connectivity index (χ0v) is 14.6. The normalized spacial score (nSPS) is 25.8. The van der Waals surface area contributed by atoms with Crippen LogP contribution in [0.4, 0.5) is 8.78 Å². The number of benzene rings is 1. The maximum atomic E-state index is 15.0. The van der Waals surface area contributed by atoms with Gasteiger partial charge in [0, 0.05) is 34.1 Å². The van der Waals surface area contributed by atoms with Gasteiger partial charge >= 0.3 is 0 Å². The number of hydrogen-bond donors (Lipinski definition) is 0. The largest absolute Gasteiger partial charge is 0.457 e. The van der Waals surface area contributed by atoms with Crippen molar-refractivity contribution in [3.63, 3.8) is 0 Å². The fourth-order valence-corrected chi connectivity index (χ4v) is 4.28. The second kappa shape index (κ2) is 5.92. The lowest BCUT2D eigenvalue weighted by Gasteiger charge is -2.45. The van der Waals surface area contributed by atoms with E-state index in [1.807, 2.05) is 7.05 Å². The van der Waals surface area contributed by atoms with Crippen LogP contribution in [0.3, 0.4) is 0 Å². The zero-order valence-electron chi connectivity index (χ0n) is 13.8. The van der Waals surface area contributed by atoms with Crippen LogP contribution in [0.1, 0.15) is 18.4 Å². The first-order chi connectivity index (χ1) is 11.9. The molecule has 0 amide bonds. The molecule has 6 heteroatoms. The molecule has 1 fully saturated rings. The molecule has 0 radical (unpaired) electrons. The van der Waals surface area contributed by atoms with Crippen LogP contribution >= 0.6 is 11.6 Å². The van der Waals surface area contributed by atoms with E-state index in [2.05, 4.69) is 4.90 Å². The molecule has 1 aliphatic carbocycles. The van der Waals surface area contributed by atoms with E-state index < -0.39 is 17.4 Å². The van der Waals surface area contributed by atoms with Crippen molar-refractivity contribution in [3.05, 3.63) is 52.0 Å². The lowest BCUT2D eigenvalue weighted by Crippen LogP contribution is -2.48. The summed E-state index contributed by atoms with van der Waals surface area (Å²) in [5, 5.41) is 0.495. The summed E-state index contributed by atoms with van der Waals surface area (Å²) in [6.45, 7) is 1.22. The van der Waals surface area contributed by atoms with Gasteiger partial charge in [0.15, 0.2) is 12.0 Å². The summed E-state index contributed by atoms with van der Waals surface area (Å²) >= 11 is 6.02. The summed E-state index contributed by atoms with van der Waals surface area (Å²) in [6.07, 6.45) is 0.0745. The smallest absolute Gasteiger partial charge is 0.167 e. The number of rotatable bonds is 0. The molecule has 132 valence electrons. The number of likely N-dealkylation sites (tertiary alicyclic amines) is 1. The molecule has 4 rings (SSSR count). The molecule has 0 N–H and O–H groups in total. The van der Waals surface area contributed by atoms with Gasteiger partial charge in [-0.3, -0.25) is 4.79 Å². The summed E-state index contributed by atoms with van der Waals surface area (Å²) in [6, 6.07) is 4.99. The SMILES string of the molecule is CN1CCC2(CC1)C1=C(C=C(F)C2F)Oc2ccc(Cl)cc2CC1=O. The Bertz CT molecular complexity index is 810. The fraction of sp³-hybridized carbons (Fsp3) is 0.421. The molecule has 1 spiro atoms. The number of nitrogens with zero attached hydrogens (tertiary/aromatic N) is 1. The number of ether oxygens (including phenoxy) is 1. The quantitative estimate of drug-likeness (QED) is 0.695. The monoisotopic (exact) mass is 365 g/mol. The van der Waals surface area contributed by atoms with Crippen molar-refractivity contribution in [2.24, 2.45) is 5.41 Å². The number of carbonyl (C=O) groups excluding carboxylic acids is 1. The average molecular weight is 366 g/mol. The van der Waals surface area contributed by atoms with Gasteiger partial charge in [-0.1, -0.05) is 11.6 Å². The number of piperidine rings is 1. The maximum Gasteiger partial charge on any atom is 0.167 e. The fourth-order valence-electron chi connectivity index (χ4n) is 4.09. The summed E-state index contributed by atoms with van der Waals surface area (Å²) in [5.41, 5.74) is -0.218. The van der Waals surface area contributed by atoms with E-state index in [0.717, 1.165) is 6.08 Å². The van der Waals surface area contributed by atoms with Gasteiger partial charge in [-0.05, 0) is 51.2 Å². The lowest BCUT2D eigenvalue weighted by atomic mass is 9.64. The predicted molar refractivity (Wildman–Crippen MR) is 91.1 cm³/mol. The highest BCUT2D eigenvalue weighted by atomic mass is 35.5. The van der Waals surface area contributed by atoms with Crippen LogP contribution in [-0.2, 0) is 11.2 Å². The Morgan fingerprint density at radius 3 is 2.76 bits per heavy atom. The van der Waals surface area contributed by atoms with Gasteiger partial charge in [-0.25, -0.2) is 8.78 Å². The van der Waals surface area contributed by atoms with Crippen molar-refractivity contribution in [3.8, 4) is 5.75 Å². The Balaban J connectivity index is 1.84. The second-order valence-corrected chi connectivity index (χ2v) is 7.48. The molecule has 3 nitrogen and oxygen atoms in total. The Morgan fingerprint density at radius 1 is 1.32 bits per heavy atom. The van der Waals surface area contributed by atoms with E-state index in [9.17, 15) is 13.6 Å². The minimum atomic E-state index is -1.81. The third kappa shape index (κ3) is 2.61. The van der Waals surface area contributed by atoms with Gasteiger partial charge in [0.05, 0.1) is 0 Å². The van der Waals surface area contributed by atoms with E-state index in [1.54, 1.807) is 18.2 Å². The first-order valence-electron chi connectivity index (χ1n) is 8.35. The van der Waals surface area contributed by atoms with Gasteiger partial charge in [-0.2, -0.15) is 0 Å². The number of allylic oxidation sites excluding steroid dienone is 3. The molecule has 1 aromatic carbocycles. The van der Waals surface area contributed by atoms with Crippen LogP contribution in [0.5, 0.6) is 5.75 Å². The minimum absolute atomic E-state index is 0.0779. The van der Waals surface area contributed by atoms with Crippen molar-refractivity contribution in [1.82, 2.24) is 4.90 Å². The average Bonchev–Trinajstić information content (AvgIpc) is 2.70. The maximum absolute atomic E-state index is 15.0. The summed E-state index contributed by atoms with van der Waals surface area (Å²) in [4.78, 5) is 15.1. The van der Waals surface area contributed by atoms with Gasteiger partial charge in [0.25, 0.3) is 0 Å². The molecule has 1 saturated heterocycles. The molecule has 2 aliphatic heterocycles. The number of alkyl halides is 1. The lowest BCUT2D eigenvalue weighted by molar-refractivity contribution is -0.117. The molecule has 2 heterocycles. The third-order valence-corrected chi connectivity index (χ3v) is 5.73. The number of carbonyl (C=O) groups is 1. The van der Waals surface area contributed by atoms with Gasteiger partial charge in [-0.15, -0.1) is 0 Å². The molecular weight excluding hydrogens is 348 g/mol.